The maximum absolute atomic E-state index is 12.4. The average Bonchev–Trinajstić information content (AvgIpc) is 2.80. The summed E-state index contributed by atoms with van der Waals surface area (Å²) in [5.41, 5.74) is 1.13. The first kappa shape index (κ1) is 19.5. The number of hydrogen-bond donors (Lipinski definition) is 2. The van der Waals surface area contributed by atoms with E-state index in [9.17, 15) is 13.2 Å². The van der Waals surface area contributed by atoms with Gasteiger partial charge in [0.15, 0.2) is 0 Å². The Hall–Kier alpha value is -1.80. The first-order valence-electron chi connectivity index (χ1n) is 8.44. The fourth-order valence-electron chi connectivity index (χ4n) is 3.17. The minimum atomic E-state index is -3.38. The van der Waals surface area contributed by atoms with Gasteiger partial charge in [-0.1, -0.05) is 17.7 Å². The molecule has 2 N–H and O–H groups in total. The van der Waals surface area contributed by atoms with Crippen molar-refractivity contribution in [3.8, 4) is 5.75 Å². The standard InChI is InChI=1S/C17H27N3O4S/c1-5-18-17(21)20-13(3)10-15(19-25(4,22)23)16(20)11-24-14-8-6-12(2)7-9-14/h6-9,13,15-16,19H,5,10-11H2,1-4H3,(H,18,21)/t13-,15+,16+/m1/s1. The second-order valence-corrected chi connectivity index (χ2v) is 8.30. The Balaban J connectivity index is 2.17. The lowest BCUT2D eigenvalue weighted by Crippen LogP contribution is -2.53. The van der Waals surface area contributed by atoms with Crippen LogP contribution in [0.15, 0.2) is 24.3 Å². The van der Waals surface area contributed by atoms with Crippen LogP contribution >= 0.6 is 0 Å². The molecule has 25 heavy (non-hydrogen) atoms. The monoisotopic (exact) mass is 369 g/mol. The molecule has 1 aliphatic heterocycles. The molecule has 0 saturated carbocycles. The number of sulfonamides is 1. The molecule has 1 fully saturated rings. The highest BCUT2D eigenvalue weighted by Gasteiger charge is 2.43. The number of rotatable bonds is 6. The van der Waals surface area contributed by atoms with Gasteiger partial charge in [-0.25, -0.2) is 17.9 Å². The molecule has 0 aliphatic carbocycles. The second-order valence-electron chi connectivity index (χ2n) is 6.52. The third kappa shape index (κ3) is 5.34. The van der Waals surface area contributed by atoms with E-state index in [1.807, 2.05) is 45.0 Å². The zero-order chi connectivity index (χ0) is 18.6. The van der Waals surface area contributed by atoms with Crippen LogP contribution in [0.25, 0.3) is 0 Å². The van der Waals surface area contributed by atoms with Crippen molar-refractivity contribution >= 4 is 16.1 Å². The van der Waals surface area contributed by atoms with Crippen molar-refractivity contribution in [1.29, 1.82) is 0 Å². The number of carbonyl (C=O) groups is 1. The first-order chi connectivity index (χ1) is 11.7. The fraction of sp³-hybridized carbons (Fsp3) is 0.588. The van der Waals surface area contributed by atoms with Gasteiger partial charge in [-0.15, -0.1) is 0 Å². The molecule has 0 radical (unpaired) electrons. The van der Waals surface area contributed by atoms with Crippen LogP contribution in [-0.2, 0) is 10.0 Å². The molecule has 7 nitrogen and oxygen atoms in total. The van der Waals surface area contributed by atoms with Crippen LogP contribution in [0, 0.1) is 6.92 Å². The van der Waals surface area contributed by atoms with Gasteiger partial charge >= 0.3 is 6.03 Å². The Labute approximate surface area is 149 Å². The fourth-order valence-corrected chi connectivity index (χ4v) is 3.97. The van der Waals surface area contributed by atoms with Crippen LogP contribution in [-0.4, -0.2) is 56.9 Å². The van der Waals surface area contributed by atoms with Gasteiger partial charge in [-0.2, -0.15) is 0 Å². The lowest BCUT2D eigenvalue weighted by Gasteiger charge is -2.30. The molecule has 0 unspecified atom stereocenters. The van der Waals surface area contributed by atoms with Gasteiger partial charge in [0, 0.05) is 18.6 Å². The molecule has 140 valence electrons. The Kier molecular flexibility index (Phi) is 6.29. The predicted octanol–water partition coefficient (Wildman–Crippen LogP) is 1.48. The first-order valence-corrected chi connectivity index (χ1v) is 10.3. The van der Waals surface area contributed by atoms with E-state index in [0.29, 0.717) is 18.7 Å². The summed E-state index contributed by atoms with van der Waals surface area (Å²) in [7, 11) is -3.38. The van der Waals surface area contributed by atoms with Crippen LogP contribution < -0.4 is 14.8 Å². The van der Waals surface area contributed by atoms with Crippen molar-refractivity contribution in [1.82, 2.24) is 14.9 Å². The van der Waals surface area contributed by atoms with Crippen LogP contribution in [0.2, 0.25) is 0 Å². The van der Waals surface area contributed by atoms with Gasteiger partial charge in [-0.05, 0) is 39.3 Å². The summed E-state index contributed by atoms with van der Waals surface area (Å²) in [6.45, 7) is 6.49. The Bertz CT molecular complexity index is 690. The molecule has 0 spiro atoms. The molecule has 0 bridgehead atoms. The molecule has 1 aromatic carbocycles. The van der Waals surface area contributed by atoms with Gasteiger partial charge in [-0.3, -0.25) is 0 Å². The topological polar surface area (TPSA) is 87.7 Å². The van der Waals surface area contributed by atoms with Crippen molar-refractivity contribution in [2.45, 2.75) is 45.3 Å². The highest BCUT2D eigenvalue weighted by Crippen LogP contribution is 2.26. The number of hydrogen-bond acceptors (Lipinski definition) is 4. The summed E-state index contributed by atoms with van der Waals surface area (Å²) in [5, 5.41) is 2.79. The highest BCUT2D eigenvalue weighted by molar-refractivity contribution is 7.88. The quantitative estimate of drug-likeness (QED) is 0.795. The largest absolute Gasteiger partial charge is 0.491 e. The van der Waals surface area contributed by atoms with Crippen molar-refractivity contribution in [2.75, 3.05) is 19.4 Å². The summed E-state index contributed by atoms with van der Waals surface area (Å²) in [6, 6.07) is 6.58. The van der Waals surface area contributed by atoms with Gasteiger partial charge < -0.3 is 15.0 Å². The molecule has 8 heteroatoms. The van der Waals surface area contributed by atoms with E-state index in [-0.39, 0.29) is 30.8 Å². The summed E-state index contributed by atoms with van der Waals surface area (Å²) < 4.78 is 31.8. The minimum Gasteiger partial charge on any atom is -0.491 e. The zero-order valence-electron chi connectivity index (χ0n) is 15.2. The molecule has 1 heterocycles. The predicted molar refractivity (Wildman–Crippen MR) is 97.2 cm³/mol. The lowest BCUT2D eigenvalue weighted by atomic mass is 10.1. The Morgan fingerprint density at radius 1 is 1.32 bits per heavy atom. The maximum atomic E-state index is 12.4. The number of aryl methyl sites for hydroxylation is 1. The SMILES string of the molecule is CCNC(=O)N1[C@H](C)C[C@H](NS(C)(=O)=O)[C@@H]1COc1ccc(C)cc1. The summed E-state index contributed by atoms with van der Waals surface area (Å²) in [4.78, 5) is 14.1. The van der Waals surface area contributed by atoms with Crippen LogP contribution in [0.4, 0.5) is 4.79 Å². The number of likely N-dealkylation sites (tertiary alicyclic amines) is 1. The van der Waals surface area contributed by atoms with Crippen LogP contribution in [0.3, 0.4) is 0 Å². The molecule has 3 atom stereocenters. The van der Waals surface area contributed by atoms with E-state index in [0.717, 1.165) is 11.8 Å². The van der Waals surface area contributed by atoms with Crippen LogP contribution in [0.5, 0.6) is 5.75 Å². The molecule has 2 amide bonds. The van der Waals surface area contributed by atoms with Crippen molar-refractivity contribution < 1.29 is 17.9 Å². The third-order valence-corrected chi connectivity index (χ3v) is 4.99. The maximum Gasteiger partial charge on any atom is 0.318 e. The van der Waals surface area contributed by atoms with Gasteiger partial charge in [0.05, 0.1) is 12.3 Å². The molecule has 2 rings (SSSR count). The average molecular weight is 369 g/mol. The molecular weight excluding hydrogens is 342 g/mol. The molecule has 1 saturated heterocycles. The van der Waals surface area contributed by atoms with Crippen LogP contribution in [0.1, 0.15) is 25.8 Å². The number of carbonyl (C=O) groups excluding carboxylic acids is 1. The zero-order valence-corrected chi connectivity index (χ0v) is 16.0. The van der Waals surface area contributed by atoms with Gasteiger partial charge in [0.2, 0.25) is 10.0 Å². The van der Waals surface area contributed by atoms with Gasteiger partial charge in [0.25, 0.3) is 0 Å². The number of amides is 2. The summed E-state index contributed by atoms with van der Waals surface area (Å²) >= 11 is 0. The van der Waals surface area contributed by atoms with E-state index >= 15 is 0 Å². The number of benzene rings is 1. The molecule has 1 aliphatic rings. The smallest absolute Gasteiger partial charge is 0.318 e. The summed E-state index contributed by atoms with van der Waals surface area (Å²) in [5.74, 6) is 0.694. The summed E-state index contributed by atoms with van der Waals surface area (Å²) in [6.07, 6.45) is 1.68. The van der Waals surface area contributed by atoms with Crippen molar-refractivity contribution in [3.63, 3.8) is 0 Å². The lowest BCUT2D eigenvalue weighted by molar-refractivity contribution is 0.144. The number of nitrogens with one attached hydrogen (secondary N) is 2. The van der Waals surface area contributed by atoms with E-state index in [1.165, 1.54) is 0 Å². The number of nitrogens with zero attached hydrogens (tertiary/aromatic N) is 1. The Morgan fingerprint density at radius 2 is 1.96 bits per heavy atom. The minimum absolute atomic E-state index is 0.0857. The molecule has 1 aromatic rings. The third-order valence-electron chi connectivity index (χ3n) is 4.26. The van der Waals surface area contributed by atoms with E-state index in [4.69, 9.17) is 4.74 Å². The van der Waals surface area contributed by atoms with E-state index in [2.05, 4.69) is 10.0 Å². The van der Waals surface area contributed by atoms with Crippen molar-refractivity contribution in [3.05, 3.63) is 29.8 Å². The Morgan fingerprint density at radius 3 is 2.52 bits per heavy atom. The molecular formula is C17H27N3O4S. The molecule has 0 aromatic heterocycles. The van der Waals surface area contributed by atoms with E-state index < -0.39 is 10.0 Å². The van der Waals surface area contributed by atoms with Gasteiger partial charge in [0.1, 0.15) is 12.4 Å². The second kappa shape index (κ2) is 8.05. The number of urea groups is 1. The van der Waals surface area contributed by atoms with E-state index in [1.54, 1.807) is 4.90 Å². The highest BCUT2D eigenvalue weighted by atomic mass is 32.2. The number of ether oxygens (including phenoxy) is 1. The normalized spacial score (nSPS) is 23.5. The van der Waals surface area contributed by atoms with Crippen molar-refractivity contribution in [2.24, 2.45) is 0 Å².